The smallest absolute Gasteiger partial charge is 0.271 e. The van der Waals surface area contributed by atoms with Crippen molar-refractivity contribution in [2.75, 3.05) is 0 Å². The van der Waals surface area contributed by atoms with E-state index >= 15 is 0 Å². The molecule has 1 aromatic carbocycles. The highest BCUT2D eigenvalue weighted by molar-refractivity contribution is 9.10. The molecule has 2 rings (SSSR count). The molecular weight excluding hydrogens is 323 g/mol. The quantitative estimate of drug-likeness (QED) is 0.654. The highest BCUT2D eigenvalue weighted by Gasteiger charge is 2.29. The SMILES string of the molecule is Cl.N[C@@H](c1cc([N+](=O)[O-])cc(Br)c1O)C1CCC1. The van der Waals surface area contributed by atoms with E-state index < -0.39 is 4.92 Å². The zero-order valence-corrected chi connectivity index (χ0v) is 11.9. The first-order chi connectivity index (χ1) is 8.00. The van der Waals surface area contributed by atoms with E-state index in [9.17, 15) is 15.2 Å². The van der Waals surface area contributed by atoms with Gasteiger partial charge in [-0.05, 0) is 34.7 Å². The molecule has 1 aliphatic rings. The van der Waals surface area contributed by atoms with Gasteiger partial charge in [-0.1, -0.05) is 6.42 Å². The van der Waals surface area contributed by atoms with Crippen LogP contribution >= 0.6 is 28.3 Å². The maximum Gasteiger partial charge on any atom is 0.271 e. The van der Waals surface area contributed by atoms with Gasteiger partial charge in [0.25, 0.3) is 5.69 Å². The van der Waals surface area contributed by atoms with Gasteiger partial charge in [0, 0.05) is 23.7 Å². The molecule has 1 atom stereocenters. The van der Waals surface area contributed by atoms with Crippen LogP contribution in [-0.2, 0) is 0 Å². The third kappa shape index (κ3) is 2.76. The second-order valence-corrected chi connectivity index (χ2v) is 5.19. The van der Waals surface area contributed by atoms with Crippen LogP contribution in [0.3, 0.4) is 0 Å². The topological polar surface area (TPSA) is 89.4 Å². The minimum atomic E-state index is -0.485. The van der Waals surface area contributed by atoms with Crippen LogP contribution in [0.15, 0.2) is 16.6 Å². The number of hydrogen-bond acceptors (Lipinski definition) is 4. The first-order valence-electron chi connectivity index (χ1n) is 5.43. The van der Waals surface area contributed by atoms with E-state index in [1.807, 2.05) is 0 Å². The number of phenols is 1. The fraction of sp³-hybridized carbons (Fsp3) is 0.455. The summed E-state index contributed by atoms with van der Waals surface area (Å²) in [5.41, 5.74) is 6.43. The third-order valence-electron chi connectivity index (χ3n) is 3.31. The molecule has 0 unspecified atom stereocenters. The molecule has 3 N–H and O–H groups in total. The largest absolute Gasteiger partial charge is 0.506 e. The summed E-state index contributed by atoms with van der Waals surface area (Å²) in [6.45, 7) is 0. The molecule has 0 spiro atoms. The maximum absolute atomic E-state index is 10.8. The summed E-state index contributed by atoms with van der Waals surface area (Å²) < 4.78 is 0.316. The second-order valence-electron chi connectivity index (χ2n) is 4.34. The number of nitro groups is 1. The number of nitrogens with two attached hydrogens (primary N) is 1. The van der Waals surface area contributed by atoms with Gasteiger partial charge in [0.1, 0.15) is 5.75 Å². The lowest BCUT2D eigenvalue weighted by Gasteiger charge is -2.31. The van der Waals surface area contributed by atoms with Crippen LogP contribution in [0.4, 0.5) is 5.69 Å². The molecule has 18 heavy (non-hydrogen) atoms. The predicted molar refractivity (Wildman–Crippen MR) is 74.0 cm³/mol. The van der Waals surface area contributed by atoms with Crippen molar-refractivity contribution >= 4 is 34.0 Å². The summed E-state index contributed by atoms with van der Waals surface area (Å²) in [6, 6.07) is 2.31. The number of halogens is 2. The van der Waals surface area contributed by atoms with E-state index in [0.29, 0.717) is 16.0 Å². The van der Waals surface area contributed by atoms with Gasteiger partial charge in [0.05, 0.1) is 9.40 Å². The lowest BCUT2D eigenvalue weighted by atomic mass is 9.77. The lowest BCUT2D eigenvalue weighted by molar-refractivity contribution is -0.385. The second kappa shape index (κ2) is 5.86. The number of rotatable bonds is 3. The molecule has 0 saturated heterocycles. The van der Waals surface area contributed by atoms with Crippen LogP contribution in [-0.4, -0.2) is 10.0 Å². The molecule has 0 amide bonds. The van der Waals surface area contributed by atoms with Crippen LogP contribution < -0.4 is 5.73 Å². The number of nitrogens with zero attached hydrogens (tertiary/aromatic N) is 1. The van der Waals surface area contributed by atoms with Crippen LogP contribution in [0, 0.1) is 16.0 Å². The van der Waals surface area contributed by atoms with Gasteiger partial charge in [-0.15, -0.1) is 12.4 Å². The number of non-ortho nitro benzene ring substituents is 1. The minimum Gasteiger partial charge on any atom is -0.506 e. The molecule has 5 nitrogen and oxygen atoms in total. The van der Waals surface area contributed by atoms with Gasteiger partial charge >= 0.3 is 0 Å². The van der Waals surface area contributed by atoms with Crippen molar-refractivity contribution in [2.45, 2.75) is 25.3 Å². The number of hydrogen-bond donors (Lipinski definition) is 2. The molecule has 0 aromatic heterocycles. The first-order valence-corrected chi connectivity index (χ1v) is 6.22. The predicted octanol–water partition coefficient (Wildman–Crippen LogP) is 3.28. The van der Waals surface area contributed by atoms with E-state index in [1.165, 1.54) is 12.1 Å². The molecule has 0 heterocycles. The standard InChI is InChI=1S/C11H13BrN2O3.ClH/c12-9-5-7(14(16)17)4-8(11(9)15)10(13)6-2-1-3-6;/h4-6,10,15H,1-3,13H2;1H/t10-;/m1./s1. The summed E-state index contributed by atoms with van der Waals surface area (Å²) in [7, 11) is 0. The maximum atomic E-state index is 10.8. The fourth-order valence-corrected chi connectivity index (χ4v) is 2.48. The Morgan fingerprint density at radius 1 is 1.50 bits per heavy atom. The monoisotopic (exact) mass is 336 g/mol. The molecule has 0 radical (unpaired) electrons. The molecule has 0 bridgehead atoms. The molecule has 1 saturated carbocycles. The van der Waals surface area contributed by atoms with Crippen molar-refractivity contribution in [1.29, 1.82) is 0 Å². The van der Waals surface area contributed by atoms with Gasteiger partial charge in [-0.2, -0.15) is 0 Å². The average Bonchev–Trinajstić information content (AvgIpc) is 2.18. The Morgan fingerprint density at radius 2 is 2.11 bits per heavy atom. The summed E-state index contributed by atoms with van der Waals surface area (Å²) in [5.74, 6) is 0.324. The number of nitro benzene ring substituents is 1. The van der Waals surface area contributed by atoms with E-state index in [4.69, 9.17) is 5.73 Å². The molecule has 0 aliphatic heterocycles. The number of phenolic OH excluding ortho intramolecular Hbond substituents is 1. The summed E-state index contributed by atoms with van der Waals surface area (Å²) in [4.78, 5) is 10.3. The Morgan fingerprint density at radius 3 is 2.56 bits per heavy atom. The molecule has 100 valence electrons. The van der Waals surface area contributed by atoms with Crippen molar-refractivity contribution in [3.05, 3.63) is 32.3 Å². The van der Waals surface area contributed by atoms with Crippen molar-refractivity contribution in [3.63, 3.8) is 0 Å². The Bertz CT molecular complexity index is 466. The summed E-state index contributed by atoms with van der Waals surface area (Å²) >= 11 is 3.11. The zero-order valence-electron chi connectivity index (χ0n) is 9.51. The van der Waals surface area contributed by atoms with Crippen LogP contribution in [0.5, 0.6) is 5.75 Å². The van der Waals surface area contributed by atoms with E-state index in [0.717, 1.165) is 19.3 Å². The normalized spacial score (nSPS) is 16.6. The molecule has 7 heteroatoms. The molecular formula is C11H14BrClN2O3. The fourth-order valence-electron chi connectivity index (χ4n) is 2.02. The van der Waals surface area contributed by atoms with E-state index in [2.05, 4.69) is 15.9 Å². The van der Waals surface area contributed by atoms with Crippen molar-refractivity contribution in [2.24, 2.45) is 11.7 Å². The van der Waals surface area contributed by atoms with Crippen molar-refractivity contribution < 1.29 is 10.0 Å². The Balaban J connectivity index is 0.00000162. The molecule has 1 fully saturated rings. The van der Waals surface area contributed by atoms with Crippen LogP contribution in [0.2, 0.25) is 0 Å². The minimum absolute atomic E-state index is 0. The highest BCUT2D eigenvalue weighted by Crippen LogP contribution is 2.42. The summed E-state index contributed by atoms with van der Waals surface area (Å²) in [6.07, 6.45) is 3.16. The van der Waals surface area contributed by atoms with Gasteiger partial charge < -0.3 is 10.8 Å². The first kappa shape index (κ1) is 15.2. The van der Waals surface area contributed by atoms with E-state index in [-0.39, 0.29) is 29.9 Å². The Labute approximate surface area is 119 Å². The average molecular weight is 338 g/mol. The Hall–Kier alpha value is -0.850. The number of benzene rings is 1. The molecule has 1 aliphatic carbocycles. The van der Waals surface area contributed by atoms with Crippen LogP contribution in [0.25, 0.3) is 0 Å². The van der Waals surface area contributed by atoms with Gasteiger partial charge in [0.2, 0.25) is 0 Å². The zero-order chi connectivity index (χ0) is 12.6. The van der Waals surface area contributed by atoms with Gasteiger partial charge in [0.15, 0.2) is 0 Å². The Kier molecular flexibility index (Phi) is 4.95. The van der Waals surface area contributed by atoms with E-state index in [1.54, 1.807) is 0 Å². The number of aromatic hydroxyl groups is 1. The van der Waals surface area contributed by atoms with Crippen molar-refractivity contribution in [1.82, 2.24) is 0 Å². The summed E-state index contributed by atoms with van der Waals surface area (Å²) in [5, 5.41) is 20.6. The molecule has 1 aromatic rings. The van der Waals surface area contributed by atoms with Crippen molar-refractivity contribution in [3.8, 4) is 5.75 Å². The highest BCUT2D eigenvalue weighted by atomic mass is 79.9. The van der Waals surface area contributed by atoms with Gasteiger partial charge in [-0.25, -0.2) is 0 Å². The van der Waals surface area contributed by atoms with Gasteiger partial charge in [-0.3, -0.25) is 10.1 Å². The van der Waals surface area contributed by atoms with Crippen LogP contribution in [0.1, 0.15) is 30.9 Å². The third-order valence-corrected chi connectivity index (χ3v) is 3.91. The lowest BCUT2D eigenvalue weighted by Crippen LogP contribution is -2.27.